The molecule has 0 aliphatic carbocycles. The minimum atomic E-state index is 0.786. The number of aromatic nitrogens is 3. The van der Waals surface area contributed by atoms with Crippen molar-refractivity contribution in [1.82, 2.24) is 20.3 Å². The Balaban J connectivity index is 1.87. The first-order valence-electron chi connectivity index (χ1n) is 5.82. The molecule has 1 atom stereocenters. The zero-order valence-electron chi connectivity index (χ0n) is 9.48. The number of hydrogen-bond acceptors (Lipinski definition) is 3. The van der Waals surface area contributed by atoms with E-state index in [1.165, 1.54) is 12.0 Å². The van der Waals surface area contributed by atoms with E-state index in [-0.39, 0.29) is 0 Å². The smallest absolute Gasteiger partial charge is 0.113 e. The summed E-state index contributed by atoms with van der Waals surface area (Å²) in [6, 6.07) is 6.48. The van der Waals surface area contributed by atoms with Crippen molar-refractivity contribution < 1.29 is 0 Å². The third-order valence-corrected chi connectivity index (χ3v) is 3.36. The first-order chi connectivity index (χ1) is 7.83. The fourth-order valence-electron chi connectivity index (χ4n) is 2.44. The van der Waals surface area contributed by atoms with E-state index in [0.717, 1.165) is 36.5 Å². The van der Waals surface area contributed by atoms with Crippen molar-refractivity contribution in [2.45, 2.75) is 12.8 Å². The summed E-state index contributed by atoms with van der Waals surface area (Å²) in [4.78, 5) is 0. The fourth-order valence-corrected chi connectivity index (χ4v) is 2.44. The van der Waals surface area contributed by atoms with Crippen molar-refractivity contribution in [2.75, 3.05) is 13.1 Å². The van der Waals surface area contributed by atoms with E-state index >= 15 is 0 Å². The summed E-state index contributed by atoms with van der Waals surface area (Å²) < 4.78 is 1.82. The van der Waals surface area contributed by atoms with Crippen molar-refractivity contribution in [3.63, 3.8) is 0 Å². The molecule has 2 heterocycles. The van der Waals surface area contributed by atoms with E-state index in [1.54, 1.807) is 0 Å². The summed E-state index contributed by atoms with van der Waals surface area (Å²) in [5.41, 5.74) is 3.49. The lowest BCUT2D eigenvalue weighted by Gasteiger charge is -2.07. The fraction of sp³-hybridized carbons (Fsp3) is 0.500. The van der Waals surface area contributed by atoms with Crippen molar-refractivity contribution in [3.8, 4) is 0 Å². The van der Waals surface area contributed by atoms with E-state index in [4.69, 9.17) is 0 Å². The maximum Gasteiger partial charge on any atom is 0.113 e. The molecule has 4 heteroatoms. The monoisotopic (exact) mass is 216 g/mol. The van der Waals surface area contributed by atoms with Crippen LogP contribution in [-0.2, 0) is 13.5 Å². The largest absolute Gasteiger partial charge is 0.316 e. The van der Waals surface area contributed by atoms with Crippen LogP contribution in [0, 0.1) is 5.92 Å². The van der Waals surface area contributed by atoms with Crippen molar-refractivity contribution in [2.24, 2.45) is 13.0 Å². The quantitative estimate of drug-likeness (QED) is 0.818. The number of nitrogens with zero attached hydrogens (tertiary/aromatic N) is 3. The van der Waals surface area contributed by atoms with Gasteiger partial charge in [0, 0.05) is 7.05 Å². The first kappa shape index (κ1) is 9.78. The van der Waals surface area contributed by atoms with Crippen LogP contribution >= 0.6 is 0 Å². The Hall–Kier alpha value is -1.42. The Morgan fingerprint density at radius 1 is 1.50 bits per heavy atom. The molecule has 1 aromatic carbocycles. The average molecular weight is 216 g/mol. The van der Waals surface area contributed by atoms with Crippen LogP contribution in [0.2, 0.25) is 0 Å². The maximum atomic E-state index is 4.15. The first-order valence-corrected chi connectivity index (χ1v) is 5.82. The molecule has 1 saturated heterocycles. The number of rotatable bonds is 2. The van der Waals surface area contributed by atoms with Crippen LogP contribution in [0.5, 0.6) is 0 Å². The van der Waals surface area contributed by atoms with Crippen molar-refractivity contribution in [1.29, 1.82) is 0 Å². The lowest BCUT2D eigenvalue weighted by Crippen LogP contribution is -2.10. The molecule has 3 rings (SSSR count). The highest BCUT2D eigenvalue weighted by Gasteiger charge is 2.15. The normalized spacial score (nSPS) is 20.7. The summed E-state index contributed by atoms with van der Waals surface area (Å²) in [6.07, 6.45) is 2.44. The Morgan fingerprint density at radius 2 is 2.44 bits per heavy atom. The van der Waals surface area contributed by atoms with Gasteiger partial charge >= 0.3 is 0 Å². The van der Waals surface area contributed by atoms with Gasteiger partial charge in [-0.1, -0.05) is 11.3 Å². The predicted molar refractivity (Wildman–Crippen MR) is 63.2 cm³/mol. The molecule has 0 amide bonds. The number of hydrogen-bond donors (Lipinski definition) is 1. The molecule has 84 valence electrons. The molecule has 0 radical (unpaired) electrons. The molecule has 0 saturated carbocycles. The van der Waals surface area contributed by atoms with Gasteiger partial charge in [-0.3, -0.25) is 0 Å². The molecule has 1 N–H and O–H groups in total. The minimum absolute atomic E-state index is 0.786. The van der Waals surface area contributed by atoms with Gasteiger partial charge in [0.05, 0.1) is 5.52 Å². The van der Waals surface area contributed by atoms with Crippen molar-refractivity contribution >= 4 is 11.0 Å². The Bertz CT molecular complexity index is 497. The van der Waals surface area contributed by atoms with Crippen LogP contribution < -0.4 is 5.32 Å². The summed E-state index contributed by atoms with van der Waals surface area (Å²) >= 11 is 0. The summed E-state index contributed by atoms with van der Waals surface area (Å²) in [5.74, 6) is 0.786. The van der Waals surface area contributed by atoms with Gasteiger partial charge in [-0.15, -0.1) is 5.10 Å². The average Bonchev–Trinajstić information content (AvgIpc) is 2.90. The van der Waals surface area contributed by atoms with Crippen LogP contribution in [0.3, 0.4) is 0 Å². The van der Waals surface area contributed by atoms with Crippen LogP contribution in [0.15, 0.2) is 18.2 Å². The molecule has 0 bridgehead atoms. The standard InChI is InChI=1S/C12H16N4/c1-16-12-3-2-9(7-11(12)14-15-16)6-10-4-5-13-8-10/h2-3,7,10,13H,4-6,8H2,1H3. The van der Waals surface area contributed by atoms with E-state index in [9.17, 15) is 0 Å². The highest BCUT2D eigenvalue weighted by Crippen LogP contribution is 2.18. The van der Waals surface area contributed by atoms with Gasteiger partial charge < -0.3 is 5.32 Å². The molecule has 16 heavy (non-hydrogen) atoms. The second-order valence-electron chi connectivity index (χ2n) is 4.60. The number of nitrogens with one attached hydrogen (secondary N) is 1. The number of fused-ring (bicyclic) bond motifs is 1. The second kappa shape index (κ2) is 3.87. The van der Waals surface area contributed by atoms with Gasteiger partial charge in [-0.25, -0.2) is 4.68 Å². The molecular weight excluding hydrogens is 200 g/mol. The molecule has 1 aliphatic heterocycles. The van der Waals surface area contributed by atoms with Gasteiger partial charge in [0.1, 0.15) is 5.52 Å². The van der Waals surface area contributed by atoms with Crippen LogP contribution in [0.4, 0.5) is 0 Å². The van der Waals surface area contributed by atoms with Crippen LogP contribution in [0.25, 0.3) is 11.0 Å². The number of aryl methyl sites for hydroxylation is 1. The van der Waals surface area contributed by atoms with Crippen LogP contribution in [0.1, 0.15) is 12.0 Å². The highest BCUT2D eigenvalue weighted by molar-refractivity contribution is 5.74. The Labute approximate surface area is 94.6 Å². The van der Waals surface area contributed by atoms with Gasteiger partial charge in [0.2, 0.25) is 0 Å². The summed E-state index contributed by atoms with van der Waals surface area (Å²) in [6.45, 7) is 2.32. The minimum Gasteiger partial charge on any atom is -0.316 e. The Kier molecular flexibility index (Phi) is 2.36. The molecule has 1 unspecified atom stereocenters. The summed E-state index contributed by atoms with van der Waals surface area (Å²) in [5, 5.41) is 11.6. The van der Waals surface area contributed by atoms with E-state index in [0.29, 0.717) is 0 Å². The highest BCUT2D eigenvalue weighted by atomic mass is 15.4. The van der Waals surface area contributed by atoms with Gasteiger partial charge in [-0.2, -0.15) is 0 Å². The molecular formula is C12H16N4. The Morgan fingerprint density at radius 3 is 3.25 bits per heavy atom. The SMILES string of the molecule is Cn1nnc2cc(CC3CCNC3)ccc21. The van der Waals surface area contributed by atoms with Gasteiger partial charge in [0.25, 0.3) is 0 Å². The lowest BCUT2D eigenvalue weighted by molar-refractivity contribution is 0.580. The third-order valence-electron chi connectivity index (χ3n) is 3.36. The second-order valence-corrected chi connectivity index (χ2v) is 4.60. The van der Waals surface area contributed by atoms with E-state index in [2.05, 4.69) is 33.8 Å². The zero-order chi connectivity index (χ0) is 11.0. The molecule has 1 aliphatic rings. The van der Waals surface area contributed by atoms with E-state index in [1.807, 2.05) is 11.7 Å². The molecule has 1 aromatic heterocycles. The van der Waals surface area contributed by atoms with E-state index < -0.39 is 0 Å². The third kappa shape index (κ3) is 1.69. The zero-order valence-corrected chi connectivity index (χ0v) is 9.48. The molecule has 0 spiro atoms. The van der Waals surface area contributed by atoms with Crippen LogP contribution in [-0.4, -0.2) is 28.1 Å². The molecule has 4 nitrogen and oxygen atoms in total. The van der Waals surface area contributed by atoms with Gasteiger partial charge in [-0.05, 0) is 49.5 Å². The van der Waals surface area contributed by atoms with Crippen molar-refractivity contribution in [3.05, 3.63) is 23.8 Å². The topological polar surface area (TPSA) is 42.7 Å². The molecule has 1 fully saturated rings. The molecule has 2 aromatic rings. The predicted octanol–water partition coefficient (Wildman–Crippen LogP) is 1.12. The summed E-state index contributed by atoms with van der Waals surface area (Å²) in [7, 11) is 1.93. The maximum absolute atomic E-state index is 4.15. The lowest BCUT2D eigenvalue weighted by atomic mass is 9.98. The number of benzene rings is 1. The van der Waals surface area contributed by atoms with Gasteiger partial charge in [0.15, 0.2) is 0 Å².